The SMILES string of the molecule is Cc1ccc2c(c1)[C@H](NC(=O)N[C@@H]1[C@@H]3CCO[C@H]3C13CCC3)CO2. The maximum Gasteiger partial charge on any atom is 0.315 e. The normalized spacial score (nSPS) is 34.5. The molecule has 2 heterocycles. The Morgan fingerprint density at radius 1 is 1.29 bits per heavy atom. The number of fused-ring (bicyclic) bond motifs is 3. The van der Waals surface area contributed by atoms with Crippen LogP contribution in [0.2, 0.25) is 0 Å². The first kappa shape index (κ1) is 14.6. The Hall–Kier alpha value is -1.75. The second-order valence-corrected chi connectivity index (χ2v) is 7.83. The summed E-state index contributed by atoms with van der Waals surface area (Å²) in [6.07, 6.45) is 5.10. The molecule has 24 heavy (non-hydrogen) atoms. The van der Waals surface area contributed by atoms with Crippen LogP contribution in [0.5, 0.6) is 5.75 Å². The molecule has 2 saturated carbocycles. The lowest BCUT2D eigenvalue weighted by atomic mass is 9.46. The standard InChI is InChI=1S/C19H24N2O3/c1-11-3-4-15-13(9-11)14(10-24-15)20-18(22)21-16-12-5-8-23-17(12)19(16)6-2-7-19/h3-4,9,12,14,16-17H,2,5-8,10H2,1H3,(H2,20,21,22)/t12-,14+,16+,17+/m0/s1. The average molecular weight is 328 g/mol. The number of ether oxygens (including phenoxy) is 2. The Labute approximate surface area is 142 Å². The Morgan fingerprint density at radius 2 is 2.17 bits per heavy atom. The molecule has 0 bridgehead atoms. The van der Waals surface area contributed by atoms with Crippen LogP contribution >= 0.6 is 0 Å². The topological polar surface area (TPSA) is 59.6 Å². The Bertz CT molecular complexity index is 685. The van der Waals surface area contributed by atoms with E-state index in [1.165, 1.54) is 24.8 Å². The molecule has 1 aromatic carbocycles. The van der Waals surface area contributed by atoms with Crippen molar-refractivity contribution in [2.75, 3.05) is 13.2 Å². The third-order valence-electron chi connectivity index (χ3n) is 6.57. The molecule has 4 aliphatic rings. The minimum atomic E-state index is -0.0698. The van der Waals surface area contributed by atoms with E-state index in [4.69, 9.17) is 9.47 Å². The van der Waals surface area contributed by atoms with Gasteiger partial charge in [0.2, 0.25) is 0 Å². The Balaban J connectivity index is 1.27. The van der Waals surface area contributed by atoms with E-state index in [-0.39, 0.29) is 23.5 Å². The number of urea groups is 1. The monoisotopic (exact) mass is 328 g/mol. The molecule has 1 saturated heterocycles. The number of carbonyl (C=O) groups is 1. The third-order valence-corrected chi connectivity index (χ3v) is 6.57. The summed E-state index contributed by atoms with van der Waals surface area (Å²) in [6, 6.07) is 6.27. The van der Waals surface area contributed by atoms with Gasteiger partial charge in [0.05, 0.1) is 12.1 Å². The van der Waals surface area contributed by atoms with Gasteiger partial charge in [-0.15, -0.1) is 0 Å². The molecule has 5 rings (SSSR count). The summed E-state index contributed by atoms with van der Waals surface area (Å²) in [5, 5.41) is 6.38. The lowest BCUT2D eigenvalue weighted by Gasteiger charge is -2.63. The quantitative estimate of drug-likeness (QED) is 0.877. The summed E-state index contributed by atoms with van der Waals surface area (Å²) in [7, 11) is 0. The Morgan fingerprint density at radius 3 is 2.96 bits per heavy atom. The summed E-state index contributed by atoms with van der Waals surface area (Å²) in [6.45, 7) is 3.42. The van der Waals surface area contributed by atoms with E-state index >= 15 is 0 Å². The van der Waals surface area contributed by atoms with Crippen LogP contribution in [0.3, 0.4) is 0 Å². The van der Waals surface area contributed by atoms with Gasteiger partial charge in [0.15, 0.2) is 0 Å². The van der Waals surface area contributed by atoms with Crippen molar-refractivity contribution in [2.24, 2.45) is 11.3 Å². The second-order valence-electron chi connectivity index (χ2n) is 7.83. The van der Waals surface area contributed by atoms with Crippen LogP contribution in [0.4, 0.5) is 4.79 Å². The number of hydrogen-bond acceptors (Lipinski definition) is 3. The number of carbonyl (C=O) groups excluding carboxylic acids is 1. The minimum Gasteiger partial charge on any atom is -0.491 e. The first-order valence-corrected chi connectivity index (χ1v) is 9.09. The molecule has 1 spiro atoms. The van der Waals surface area contributed by atoms with Crippen molar-refractivity contribution in [3.05, 3.63) is 29.3 Å². The number of nitrogens with one attached hydrogen (secondary N) is 2. The number of hydrogen-bond donors (Lipinski definition) is 2. The maximum atomic E-state index is 12.6. The van der Waals surface area contributed by atoms with E-state index < -0.39 is 0 Å². The van der Waals surface area contributed by atoms with E-state index in [1.807, 2.05) is 12.1 Å². The smallest absolute Gasteiger partial charge is 0.315 e. The first-order valence-electron chi connectivity index (χ1n) is 9.09. The maximum absolute atomic E-state index is 12.6. The average Bonchev–Trinajstić information content (AvgIpc) is 3.09. The lowest BCUT2D eigenvalue weighted by Crippen LogP contribution is -2.72. The molecular formula is C19H24N2O3. The van der Waals surface area contributed by atoms with Gasteiger partial charge in [-0.1, -0.05) is 24.1 Å². The van der Waals surface area contributed by atoms with Gasteiger partial charge in [-0.2, -0.15) is 0 Å². The second kappa shape index (κ2) is 5.12. The predicted molar refractivity (Wildman–Crippen MR) is 89.0 cm³/mol. The zero-order valence-electron chi connectivity index (χ0n) is 14.0. The zero-order valence-corrected chi connectivity index (χ0v) is 14.0. The van der Waals surface area contributed by atoms with E-state index in [9.17, 15) is 4.79 Å². The highest BCUT2D eigenvalue weighted by Gasteiger charge is 2.67. The molecule has 4 atom stereocenters. The Kier molecular flexibility index (Phi) is 3.11. The fourth-order valence-electron chi connectivity index (χ4n) is 5.25. The van der Waals surface area contributed by atoms with Crippen molar-refractivity contribution in [1.29, 1.82) is 0 Å². The summed E-state index contributed by atoms with van der Waals surface area (Å²) < 4.78 is 11.6. The van der Waals surface area contributed by atoms with E-state index in [0.29, 0.717) is 18.6 Å². The van der Waals surface area contributed by atoms with Crippen LogP contribution in [0.1, 0.15) is 42.9 Å². The molecule has 0 unspecified atom stereocenters. The number of rotatable bonds is 2. The van der Waals surface area contributed by atoms with Crippen molar-refractivity contribution >= 4 is 6.03 Å². The summed E-state index contributed by atoms with van der Waals surface area (Å²) in [5.74, 6) is 1.39. The van der Waals surface area contributed by atoms with E-state index in [1.54, 1.807) is 0 Å². The van der Waals surface area contributed by atoms with Crippen molar-refractivity contribution in [2.45, 2.75) is 50.8 Å². The molecular weight excluding hydrogens is 304 g/mol. The van der Waals surface area contributed by atoms with Crippen LogP contribution in [0.15, 0.2) is 18.2 Å². The highest BCUT2D eigenvalue weighted by molar-refractivity contribution is 5.75. The van der Waals surface area contributed by atoms with Crippen LogP contribution < -0.4 is 15.4 Å². The molecule has 5 nitrogen and oxygen atoms in total. The lowest BCUT2D eigenvalue weighted by molar-refractivity contribution is -0.172. The molecule has 5 heteroatoms. The third kappa shape index (κ3) is 1.94. The summed E-state index contributed by atoms with van der Waals surface area (Å²) >= 11 is 0. The van der Waals surface area contributed by atoms with E-state index in [0.717, 1.165) is 24.3 Å². The van der Waals surface area contributed by atoms with Crippen molar-refractivity contribution in [3.8, 4) is 5.75 Å². The largest absolute Gasteiger partial charge is 0.491 e. The molecule has 2 N–H and O–H groups in total. The number of amides is 2. The van der Waals surface area contributed by atoms with Crippen LogP contribution in [-0.2, 0) is 4.74 Å². The van der Waals surface area contributed by atoms with Gasteiger partial charge in [-0.05, 0) is 32.3 Å². The van der Waals surface area contributed by atoms with Crippen LogP contribution in [0, 0.1) is 18.3 Å². The minimum absolute atomic E-state index is 0.0621. The van der Waals surface area contributed by atoms with Crippen molar-refractivity contribution < 1.29 is 14.3 Å². The van der Waals surface area contributed by atoms with Gasteiger partial charge in [-0.25, -0.2) is 4.79 Å². The molecule has 1 aromatic rings. The van der Waals surface area contributed by atoms with Crippen molar-refractivity contribution in [1.82, 2.24) is 10.6 Å². The van der Waals surface area contributed by atoms with Crippen LogP contribution in [0.25, 0.3) is 0 Å². The number of aryl methyl sites for hydroxylation is 1. The fraction of sp³-hybridized carbons (Fsp3) is 0.632. The van der Waals surface area contributed by atoms with E-state index in [2.05, 4.69) is 23.6 Å². The van der Waals surface area contributed by atoms with Gasteiger partial charge < -0.3 is 20.1 Å². The predicted octanol–water partition coefficient (Wildman–Crippen LogP) is 2.69. The molecule has 2 amide bonds. The van der Waals surface area contributed by atoms with Gasteiger partial charge in [0.25, 0.3) is 0 Å². The zero-order chi connectivity index (χ0) is 16.3. The molecule has 128 valence electrons. The molecule has 2 aliphatic carbocycles. The number of benzene rings is 1. The van der Waals surface area contributed by atoms with Gasteiger partial charge >= 0.3 is 6.03 Å². The first-order chi connectivity index (χ1) is 11.7. The highest BCUT2D eigenvalue weighted by atomic mass is 16.5. The van der Waals surface area contributed by atoms with Gasteiger partial charge in [-0.3, -0.25) is 0 Å². The van der Waals surface area contributed by atoms with Gasteiger partial charge in [0.1, 0.15) is 12.4 Å². The summed E-state index contributed by atoms with van der Waals surface area (Å²) in [5.41, 5.74) is 2.49. The van der Waals surface area contributed by atoms with Crippen molar-refractivity contribution in [3.63, 3.8) is 0 Å². The summed E-state index contributed by atoms with van der Waals surface area (Å²) in [4.78, 5) is 12.6. The molecule has 0 radical (unpaired) electrons. The highest BCUT2D eigenvalue weighted by Crippen LogP contribution is 2.62. The van der Waals surface area contributed by atoms with Crippen LogP contribution in [-0.4, -0.2) is 31.4 Å². The molecule has 0 aromatic heterocycles. The fourth-order valence-corrected chi connectivity index (χ4v) is 5.25. The van der Waals surface area contributed by atoms with Gasteiger partial charge in [0, 0.05) is 29.5 Å². The molecule has 2 aliphatic heterocycles. The molecule has 3 fully saturated rings.